The van der Waals surface area contributed by atoms with Crippen LogP contribution in [-0.4, -0.2) is 37.2 Å². The van der Waals surface area contributed by atoms with Gasteiger partial charge in [-0.1, -0.05) is 13.3 Å². The minimum atomic E-state index is 0.883. The van der Waals surface area contributed by atoms with Crippen molar-refractivity contribution in [1.82, 2.24) is 4.90 Å². The molecule has 0 spiro atoms. The maximum Gasteiger partial charge on any atom is 0.0594 e. The Morgan fingerprint density at radius 1 is 1.23 bits per heavy atom. The fourth-order valence-corrected chi connectivity index (χ4v) is 2.69. The Bertz CT molecular complexity index is 154. The topological polar surface area (TPSA) is 12.5 Å². The molecule has 1 heterocycles. The molecule has 1 aliphatic carbocycles. The molecule has 2 heteroatoms. The summed E-state index contributed by atoms with van der Waals surface area (Å²) in [6.07, 6.45) is 5.70. The van der Waals surface area contributed by atoms with E-state index < -0.39 is 0 Å². The van der Waals surface area contributed by atoms with Crippen LogP contribution in [0.15, 0.2) is 0 Å². The summed E-state index contributed by atoms with van der Waals surface area (Å²) in [6, 6.07) is 0.883. The molecule has 0 aromatic carbocycles. The van der Waals surface area contributed by atoms with Gasteiger partial charge in [0.25, 0.3) is 0 Å². The van der Waals surface area contributed by atoms with Crippen molar-refractivity contribution in [2.45, 2.75) is 38.6 Å². The predicted molar refractivity (Wildman–Crippen MR) is 53.8 cm³/mol. The number of nitrogens with zero attached hydrogens (tertiary/aromatic N) is 1. The van der Waals surface area contributed by atoms with Crippen molar-refractivity contribution in [2.24, 2.45) is 5.92 Å². The molecule has 0 aromatic heterocycles. The largest absolute Gasteiger partial charge is 0.379 e. The average Bonchev–Trinajstić information content (AvgIpc) is 2.67. The van der Waals surface area contributed by atoms with Gasteiger partial charge < -0.3 is 4.74 Å². The van der Waals surface area contributed by atoms with E-state index in [-0.39, 0.29) is 0 Å². The van der Waals surface area contributed by atoms with Crippen LogP contribution in [0.1, 0.15) is 32.6 Å². The van der Waals surface area contributed by atoms with Crippen LogP contribution >= 0.6 is 0 Å². The molecule has 0 bridgehead atoms. The van der Waals surface area contributed by atoms with Crippen LogP contribution in [0.25, 0.3) is 0 Å². The highest BCUT2D eigenvalue weighted by atomic mass is 16.5. The van der Waals surface area contributed by atoms with E-state index in [0.717, 1.165) is 25.2 Å². The molecule has 13 heavy (non-hydrogen) atoms. The molecule has 0 aromatic rings. The fourth-order valence-electron chi connectivity index (χ4n) is 2.69. The second kappa shape index (κ2) is 4.43. The third kappa shape index (κ3) is 2.23. The molecular formula is C11H21NO. The summed E-state index contributed by atoms with van der Waals surface area (Å²) in [4.78, 5) is 2.64. The van der Waals surface area contributed by atoms with Gasteiger partial charge in [0.1, 0.15) is 0 Å². The van der Waals surface area contributed by atoms with Crippen molar-refractivity contribution in [1.29, 1.82) is 0 Å². The van der Waals surface area contributed by atoms with E-state index in [4.69, 9.17) is 4.74 Å². The Labute approximate surface area is 81.3 Å². The molecule has 2 aliphatic rings. The highest BCUT2D eigenvalue weighted by Gasteiger charge is 2.28. The lowest BCUT2D eigenvalue weighted by molar-refractivity contribution is 0.0172. The summed E-state index contributed by atoms with van der Waals surface area (Å²) in [5.41, 5.74) is 0. The summed E-state index contributed by atoms with van der Waals surface area (Å²) in [6.45, 7) is 6.56. The minimum Gasteiger partial charge on any atom is -0.379 e. The van der Waals surface area contributed by atoms with E-state index in [1.54, 1.807) is 0 Å². The molecule has 2 rings (SSSR count). The van der Waals surface area contributed by atoms with E-state index in [9.17, 15) is 0 Å². The van der Waals surface area contributed by atoms with Gasteiger partial charge in [-0.05, 0) is 25.2 Å². The number of ether oxygens (including phenoxy) is 1. The molecule has 2 atom stereocenters. The molecule has 0 N–H and O–H groups in total. The van der Waals surface area contributed by atoms with Gasteiger partial charge in [0.2, 0.25) is 0 Å². The molecular weight excluding hydrogens is 162 g/mol. The van der Waals surface area contributed by atoms with E-state index in [1.807, 2.05) is 0 Å². The smallest absolute Gasteiger partial charge is 0.0594 e. The van der Waals surface area contributed by atoms with Crippen LogP contribution in [0.5, 0.6) is 0 Å². The van der Waals surface area contributed by atoms with Gasteiger partial charge in [-0.2, -0.15) is 0 Å². The summed E-state index contributed by atoms with van der Waals surface area (Å²) in [5.74, 6) is 1.01. The van der Waals surface area contributed by atoms with E-state index >= 15 is 0 Å². The quantitative estimate of drug-likeness (QED) is 0.648. The average molecular weight is 183 g/mol. The van der Waals surface area contributed by atoms with Crippen LogP contribution in [0, 0.1) is 5.92 Å². The lowest BCUT2D eigenvalue weighted by Gasteiger charge is -2.32. The van der Waals surface area contributed by atoms with E-state index in [0.29, 0.717) is 0 Å². The van der Waals surface area contributed by atoms with Crippen molar-refractivity contribution >= 4 is 0 Å². The number of rotatable bonds is 2. The molecule has 0 radical (unpaired) electrons. The monoisotopic (exact) mass is 183 g/mol. The second-order valence-electron chi connectivity index (χ2n) is 4.39. The fraction of sp³-hybridized carbons (Fsp3) is 1.00. The van der Waals surface area contributed by atoms with Gasteiger partial charge in [-0.3, -0.25) is 4.90 Å². The second-order valence-corrected chi connectivity index (χ2v) is 4.39. The Kier molecular flexibility index (Phi) is 3.23. The van der Waals surface area contributed by atoms with Crippen molar-refractivity contribution < 1.29 is 4.74 Å². The minimum absolute atomic E-state index is 0.883. The first kappa shape index (κ1) is 9.47. The Morgan fingerprint density at radius 2 is 2.00 bits per heavy atom. The first-order chi connectivity index (χ1) is 6.40. The van der Waals surface area contributed by atoms with Crippen LogP contribution in [-0.2, 0) is 4.74 Å². The molecule has 2 fully saturated rings. The Hall–Kier alpha value is -0.0800. The number of morpholine rings is 1. The van der Waals surface area contributed by atoms with Crippen molar-refractivity contribution in [3.05, 3.63) is 0 Å². The Morgan fingerprint density at radius 3 is 2.62 bits per heavy atom. The maximum atomic E-state index is 5.37. The summed E-state index contributed by atoms with van der Waals surface area (Å²) >= 11 is 0. The van der Waals surface area contributed by atoms with Gasteiger partial charge in [0.05, 0.1) is 13.2 Å². The van der Waals surface area contributed by atoms with Crippen LogP contribution in [0.3, 0.4) is 0 Å². The summed E-state index contributed by atoms with van der Waals surface area (Å²) in [5, 5.41) is 0. The molecule has 76 valence electrons. The first-order valence-electron chi connectivity index (χ1n) is 5.72. The lowest BCUT2D eigenvalue weighted by Crippen LogP contribution is -2.42. The van der Waals surface area contributed by atoms with Crippen LogP contribution < -0.4 is 0 Å². The van der Waals surface area contributed by atoms with E-state index in [2.05, 4.69) is 11.8 Å². The zero-order valence-corrected chi connectivity index (χ0v) is 8.67. The highest BCUT2D eigenvalue weighted by molar-refractivity contribution is 4.83. The zero-order chi connectivity index (χ0) is 9.10. The first-order valence-corrected chi connectivity index (χ1v) is 5.72. The van der Waals surface area contributed by atoms with Gasteiger partial charge in [0, 0.05) is 19.1 Å². The van der Waals surface area contributed by atoms with E-state index in [1.165, 1.54) is 38.8 Å². The zero-order valence-electron chi connectivity index (χ0n) is 8.67. The van der Waals surface area contributed by atoms with Crippen LogP contribution in [0.4, 0.5) is 0 Å². The van der Waals surface area contributed by atoms with Crippen molar-refractivity contribution in [2.75, 3.05) is 26.3 Å². The molecule has 0 amide bonds. The molecule has 1 saturated heterocycles. The SMILES string of the molecule is CC[C@H]1CC[C@@H](N2CCOCC2)C1. The van der Waals surface area contributed by atoms with Crippen molar-refractivity contribution in [3.63, 3.8) is 0 Å². The third-order valence-corrected chi connectivity index (χ3v) is 3.65. The molecule has 0 unspecified atom stereocenters. The number of hydrogen-bond acceptors (Lipinski definition) is 2. The van der Waals surface area contributed by atoms with Gasteiger partial charge in [-0.15, -0.1) is 0 Å². The lowest BCUT2D eigenvalue weighted by atomic mass is 10.1. The summed E-state index contributed by atoms with van der Waals surface area (Å²) < 4.78 is 5.37. The van der Waals surface area contributed by atoms with Gasteiger partial charge >= 0.3 is 0 Å². The van der Waals surface area contributed by atoms with Crippen LogP contribution in [0.2, 0.25) is 0 Å². The van der Waals surface area contributed by atoms with Gasteiger partial charge in [0.15, 0.2) is 0 Å². The normalized spacial score (nSPS) is 36.7. The Balaban J connectivity index is 1.80. The molecule has 1 aliphatic heterocycles. The van der Waals surface area contributed by atoms with Crippen molar-refractivity contribution in [3.8, 4) is 0 Å². The third-order valence-electron chi connectivity index (χ3n) is 3.65. The standard InChI is InChI=1S/C11H21NO/c1-2-10-3-4-11(9-10)12-5-7-13-8-6-12/h10-11H,2-9H2,1H3/t10-,11+/m0/s1. The number of hydrogen-bond donors (Lipinski definition) is 0. The van der Waals surface area contributed by atoms with Gasteiger partial charge in [-0.25, -0.2) is 0 Å². The predicted octanol–water partition coefficient (Wildman–Crippen LogP) is 1.90. The molecule has 1 saturated carbocycles. The summed E-state index contributed by atoms with van der Waals surface area (Å²) in [7, 11) is 0. The maximum absolute atomic E-state index is 5.37. The highest BCUT2D eigenvalue weighted by Crippen LogP contribution is 2.31. The molecule has 2 nitrogen and oxygen atoms in total.